The van der Waals surface area contributed by atoms with Crippen molar-refractivity contribution in [2.45, 2.75) is 6.92 Å². The van der Waals surface area contributed by atoms with Crippen molar-refractivity contribution >= 4 is 11.6 Å². The summed E-state index contributed by atoms with van der Waals surface area (Å²) in [5.41, 5.74) is 1.92. The maximum Gasteiger partial charge on any atom is 0.259 e. The van der Waals surface area contributed by atoms with Crippen molar-refractivity contribution in [3.05, 3.63) is 59.4 Å². The highest BCUT2D eigenvalue weighted by Crippen LogP contribution is 2.21. The van der Waals surface area contributed by atoms with Gasteiger partial charge in [-0.05, 0) is 37.3 Å². The highest BCUT2D eigenvalue weighted by atomic mass is 19.1. The summed E-state index contributed by atoms with van der Waals surface area (Å²) in [4.78, 5) is 12.1. The Morgan fingerprint density at radius 3 is 2.47 bits per heavy atom. The van der Waals surface area contributed by atoms with Gasteiger partial charge in [-0.25, -0.2) is 4.39 Å². The third-order valence-electron chi connectivity index (χ3n) is 2.72. The molecule has 3 nitrogen and oxygen atoms in total. The van der Waals surface area contributed by atoms with E-state index in [-0.39, 0.29) is 5.56 Å². The molecule has 98 valence electrons. The first kappa shape index (κ1) is 13.1. The molecule has 0 saturated carbocycles. The van der Waals surface area contributed by atoms with E-state index < -0.39 is 11.7 Å². The lowest BCUT2D eigenvalue weighted by atomic mass is 10.1. The second-order valence-corrected chi connectivity index (χ2v) is 4.16. The van der Waals surface area contributed by atoms with Crippen molar-refractivity contribution in [3.63, 3.8) is 0 Å². The molecule has 0 saturated heterocycles. The molecule has 0 radical (unpaired) electrons. The van der Waals surface area contributed by atoms with Gasteiger partial charge in [0, 0.05) is 5.69 Å². The smallest absolute Gasteiger partial charge is 0.259 e. The number of ether oxygens (including phenoxy) is 1. The molecule has 2 aromatic carbocycles. The number of hydrogen-bond donors (Lipinski definition) is 1. The standard InChI is InChI=1S/C15H14FNO2/c1-10-3-6-12(7-4-10)17-15(18)13-9-11(16)5-8-14(13)19-2/h3-9H,1-2H3,(H,17,18). The van der Waals surface area contributed by atoms with Gasteiger partial charge in [-0.1, -0.05) is 17.7 Å². The van der Waals surface area contributed by atoms with Crippen LogP contribution in [0, 0.1) is 12.7 Å². The topological polar surface area (TPSA) is 38.3 Å². The predicted molar refractivity (Wildman–Crippen MR) is 72.1 cm³/mol. The minimum atomic E-state index is -0.477. The van der Waals surface area contributed by atoms with Crippen LogP contribution in [0.25, 0.3) is 0 Å². The molecule has 0 spiro atoms. The molecule has 19 heavy (non-hydrogen) atoms. The third kappa shape index (κ3) is 3.10. The zero-order valence-electron chi connectivity index (χ0n) is 10.7. The molecule has 1 N–H and O–H groups in total. The summed E-state index contributed by atoms with van der Waals surface area (Å²) in [6.07, 6.45) is 0. The average Bonchev–Trinajstić information content (AvgIpc) is 2.41. The SMILES string of the molecule is COc1ccc(F)cc1C(=O)Nc1ccc(C)cc1. The molecule has 0 aliphatic carbocycles. The van der Waals surface area contributed by atoms with Gasteiger partial charge in [0.1, 0.15) is 11.6 Å². The molecule has 0 aliphatic rings. The maximum absolute atomic E-state index is 13.2. The number of anilines is 1. The Morgan fingerprint density at radius 1 is 1.16 bits per heavy atom. The van der Waals surface area contributed by atoms with Crippen LogP contribution in [-0.2, 0) is 0 Å². The minimum Gasteiger partial charge on any atom is -0.496 e. The zero-order valence-corrected chi connectivity index (χ0v) is 10.7. The molecule has 0 heterocycles. The van der Waals surface area contributed by atoms with Gasteiger partial charge in [-0.2, -0.15) is 0 Å². The Kier molecular flexibility index (Phi) is 3.80. The molecule has 0 aliphatic heterocycles. The molecular formula is C15H14FNO2. The van der Waals surface area contributed by atoms with Gasteiger partial charge >= 0.3 is 0 Å². The molecule has 0 aromatic heterocycles. The van der Waals surface area contributed by atoms with E-state index in [4.69, 9.17) is 4.74 Å². The third-order valence-corrected chi connectivity index (χ3v) is 2.72. The van der Waals surface area contributed by atoms with Crippen LogP contribution in [-0.4, -0.2) is 13.0 Å². The van der Waals surface area contributed by atoms with Crippen molar-refractivity contribution < 1.29 is 13.9 Å². The van der Waals surface area contributed by atoms with E-state index in [1.165, 1.54) is 19.2 Å². The largest absolute Gasteiger partial charge is 0.496 e. The number of rotatable bonds is 3. The average molecular weight is 259 g/mol. The molecule has 0 atom stereocenters. The Morgan fingerprint density at radius 2 is 1.84 bits per heavy atom. The second-order valence-electron chi connectivity index (χ2n) is 4.16. The lowest BCUT2D eigenvalue weighted by Gasteiger charge is -2.09. The van der Waals surface area contributed by atoms with Crippen LogP contribution in [0.2, 0.25) is 0 Å². The van der Waals surface area contributed by atoms with Crippen molar-refractivity contribution in [2.75, 3.05) is 12.4 Å². The first-order valence-electron chi connectivity index (χ1n) is 5.81. The van der Waals surface area contributed by atoms with Crippen molar-refractivity contribution in [1.29, 1.82) is 0 Å². The molecule has 2 rings (SSSR count). The summed E-state index contributed by atoms with van der Waals surface area (Å²) in [5.74, 6) is -0.541. The molecule has 0 unspecified atom stereocenters. The Balaban J connectivity index is 2.24. The first-order valence-corrected chi connectivity index (χ1v) is 5.81. The van der Waals surface area contributed by atoms with Crippen molar-refractivity contribution in [1.82, 2.24) is 0 Å². The number of carbonyl (C=O) groups is 1. The quantitative estimate of drug-likeness (QED) is 0.917. The fourth-order valence-electron chi connectivity index (χ4n) is 1.69. The van der Waals surface area contributed by atoms with E-state index in [2.05, 4.69) is 5.32 Å². The normalized spacial score (nSPS) is 10.1. The molecule has 4 heteroatoms. The van der Waals surface area contributed by atoms with Crippen LogP contribution in [0.3, 0.4) is 0 Å². The summed E-state index contributed by atoms with van der Waals surface area (Å²) in [6, 6.07) is 11.2. The van der Waals surface area contributed by atoms with Crippen molar-refractivity contribution in [3.8, 4) is 5.75 Å². The van der Waals surface area contributed by atoms with Gasteiger partial charge in [0.25, 0.3) is 5.91 Å². The Bertz CT molecular complexity index is 594. The van der Waals surface area contributed by atoms with Crippen LogP contribution in [0.15, 0.2) is 42.5 Å². The summed E-state index contributed by atoms with van der Waals surface area (Å²) in [5, 5.41) is 2.70. The number of aryl methyl sites for hydroxylation is 1. The highest BCUT2D eigenvalue weighted by Gasteiger charge is 2.13. The lowest BCUT2D eigenvalue weighted by molar-refractivity contribution is 0.102. The van der Waals surface area contributed by atoms with Gasteiger partial charge in [0.05, 0.1) is 12.7 Å². The van der Waals surface area contributed by atoms with Gasteiger partial charge in [-0.15, -0.1) is 0 Å². The van der Waals surface area contributed by atoms with E-state index in [0.717, 1.165) is 11.6 Å². The summed E-state index contributed by atoms with van der Waals surface area (Å²) < 4.78 is 18.3. The van der Waals surface area contributed by atoms with Crippen LogP contribution in [0.4, 0.5) is 10.1 Å². The highest BCUT2D eigenvalue weighted by molar-refractivity contribution is 6.06. The number of carbonyl (C=O) groups excluding carboxylic acids is 1. The van der Waals surface area contributed by atoms with E-state index in [1.807, 2.05) is 19.1 Å². The van der Waals surface area contributed by atoms with Gasteiger partial charge < -0.3 is 10.1 Å². The number of hydrogen-bond acceptors (Lipinski definition) is 2. The fourth-order valence-corrected chi connectivity index (χ4v) is 1.69. The molecule has 1 amide bonds. The molecule has 0 bridgehead atoms. The van der Waals surface area contributed by atoms with E-state index in [1.54, 1.807) is 12.1 Å². The number of benzene rings is 2. The molecule has 2 aromatic rings. The van der Waals surface area contributed by atoms with Crippen LogP contribution in [0.5, 0.6) is 5.75 Å². The predicted octanol–water partition coefficient (Wildman–Crippen LogP) is 3.40. The van der Waals surface area contributed by atoms with Gasteiger partial charge in [-0.3, -0.25) is 4.79 Å². The van der Waals surface area contributed by atoms with E-state index in [0.29, 0.717) is 11.4 Å². The fraction of sp³-hybridized carbons (Fsp3) is 0.133. The number of nitrogens with one attached hydrogen (secondary N) is 1. The monoisotopic (exact) mass is 259 g/mol. The zero-order chi connectivity index (χ0) is 13.8. The summed E-state index contributed by atoms with van der Waals surface area (Å²) >= 11 is 0. The first-order chi connectivity index (χ1) is 9.10. The van der Waals surface area contributed by atoms with Crippen LogP contribution in [0.1, 0.15) is 15.9 Å². The molecule has 0 fully saturated rings. The van der Waals surface area contributed by atoms with Gasteiger partial charge in [0.2, 0.25) is 0 Å². The van der Waals surface area contributed by atoms with E-state index >= 15 is 0 Å². The summed E-state index contributed by atoms with van der Waals surface area (Å²) in [7, 11) is 1.44. The van der Waals surface area contributed by atoms with Crippen LogP contribution >= 0.6 is 0 Å². The Labute approximate surface area is 111 Å². The second kappa shape index (κ2) is 5.52. The Hall–Kier alpha value is -2.36. The summed E-state index contributed by atoms with van der Waals surface area (Å²) in [6.45, 7) is 1.96. The lowest BCUT2D eigenvalue weighted by Crippen LogP contribution is -2.13. The van der Waals surface area contributed by atoms with E-state index in [9.17, 15) is 9.18 Å². The minimum absolute atomic E-state index is 0.170. The number of halogens is 1. The van der Waals surface area contributed by atoms with Crippen molar-refractivity contribution in [2.24, 2.45) is 0 Å². The van der Waals surface area contributed by atoms with Gasteiger partial charge in [0.15, 0.2) is 0 Å². The van der Waals surface area contributed by atoms with Crippen LogP contribution < -0.4 is 10.1 Å². The molecular weight excluding hydrogens is 245 g/mol. The number of amides is 1. The number of methoxy groups -OCH3 is 1. The maximum atomic E-state index is 13.2.